The van der Waals surface area contributed by atoms with Gasteiger partial charge in [-0.3, -0.25) is 9.79 Å². The lowest BCUT2D eigenvalue weighted by Gasteiger charge is -2.33. The van der Waals surface area contributed by atoms with Crippen molar-refractivity contribution in [3.8, 4) is 0 Å². The van der Waals surface area contributed by atoms with Crippen LogP contribution < -0.4 is 5.32 Å². The molecule has 1 aliphatic heterocycles. The molecule has 0 bridgehead atoms. The average molecular weight is 271 g/mol. The lowest BCUT2D eigenvalue weighted by Crippen LogP contribution is -2.46. The molecule has 0 atom stereocenters. The van der Waals surface area contributed by atoms with E-state index < -0.39 is 0 Å². The Bertz CT molecular complexity index is 300. The van der Waals surface area contributed by atoms with E-state index in [1.807, 2.05) is 6.92 Å². The SMILES string of the molecule is CCNC(=NCCOC)N1CCC(C(=O)OC)CC1. The molecule has 0 saturated carbocycles. The minimum atomic E-state index is -0.0963. The third kappa shape index (κ3) is 5.06. The van der Waals surface area contributed by atoms with E-state index >= 15 is 0 Å². The molecule has 0 aromatic rings. The molecule has 1 fully saturated rings. The molecule has 0 amide bonds. The summed E-state index contributed by atoms with van der Waals surface area (Å²) in [5.74, 6) is 0.840. The first kappa shape index (κ1) is 15.8. The molecule has 1 N–H and O–H groups in total. The van der Waals surface area contributed by atoms with E-state index in [1.165, 1.54) is 7.11 Å². The molecule has 110 valence electrons. The molecular weight excluding hydrogens is 246 g/mol. The van der Waals surface area contributed by atoms with Crippen molar-refractivity contribution in [3.05, 3.63) is 0 Å². The largest absolute Gasteiger partial charge is 0.469 e. The monoisotopic (exact) mass is 271 g/mol. The molecular formula is C13H25N3O3. The van der Waals surface area contributed by atoms with Gasteiger partial charge in [0.2, 0.25) is 0 Å². The fourth-order valence-corrected chi connectivity index (χ4v) is 2.16. The van der Waals surface area contributed by atoms with Crippen LogP contribution in [0.3, 0.4) is 0 Å². The molecule has 1 aliphatic rings. The lowest BCUT2D eigenvalue weighted by atomic mass is 9.97. The highest BCUT2D eigenvalue weighted by Gasteiger charge is 2.26. The predicted molar refractivity (Wildman–Crippen MR) is 74.2 cm³/mol. The normalized spacial score (nSPS) is 17.4. The Morgan fingerprint density at radius 1 is 1.37 bits per heavy atom. The number of piperidine rings is 1. The van der Waals surface area contributed by atoms with Crippen molar-refractivity contribution < 1.29 is 14.3 Å². The zero-order valence-electron chi connectivity index (χ0n) is 12.1. The first-order chi connectivity index (χ1) is 9.22. The summed E-state index contributed by atoms with van der Waals surface area (Å²) in [4.78, 5) is 18.2. The van der Waals surface area contributed by atoms with Crippen LogP contribution in [0.2, 0.25) is 0 Å². The number of esters is 1. The number of ether oxygens (including phenoxy) is 2. The summed E-state index contributed by atoms with van der Waals surface area (Å²) in [5, 5.41) is 3.27. The minimum Gasteiger partial charge on any atom is -0.469 e. The molecule has 0 radical (unpaired) electrons. The zero-order chi connectivity index (χ0) is 14.1. The second-order valence-electron chi connectivity index (χ2n) is 4.51. The van der Waals surface area contributed by atoms with Crippen molar-refractivity contribution in [1.82, 2.24) is 10.2 Å². The van der Waals surface area contributed by atoms with Crippen LogP contribution in [0.25, 0.3) is 0 Å². The van der Waals surface area contributed by atoms with Gasteiger partial charge in [-0.1, -0.05) is 0 Å². The molecule has 1 rings (SSSR count). The van der Waals surface area contributed by atoms with E-state index in [-0.39, 0.29) is 11.9 Å². The van der Waals surface area contributed by atoms with E-state index in [4.69, 9.17) is 9.47 Å². The van der Waals surface area contributed by atoms with Crippen LogP contribution in [-0.2, 0) is 14.3 Å². The number of carbonyl (C=O) groups is 1. The van der Waals surface area contributed by atoms with Gasteiger partial charge in [0.25, 0.3) is 0 Å². The lowest BCUT2D eigenvalue weighted by molar-refractivity contribution is -0.146. The van der Waals surface area contributed by atoms with Crippen LogP contribution in [-0.4, -0.2) is 63.8 Å². The Balaban J connectivity index is 2.49. The average Bonchev–Trinajstić information content (AvgIpc) is 2.46. The highest BCUT2D eigenvalue weighted by atomic mass is 16.5. The summed E-state index contributed by atoms with van der Waals surface area (Å²) in [6, 6.07) is 0. The summed E-state index contributed by atoms with van der Waals surface area (Å²) in [6.45, 7) is 5.82. The third-order valence-corrected chi connectivity index (χ3v) is 3.22. The van der Waals surface area contributed by atoms with Crippen LogP contribution in [0, 0.1) is 5.92 Å². The Morgan fingerprint density at radius 2 is 2.05 bits per heavy atom. The maximum atomic E-state index is 11.5. The summed E-state index contributed by atoms with van der Waals surface area (Å²) in [7, 11) is 3.12. The predicted octanol–water partition coefficient (Wildman–Crippen LogP) is 0.483. The van der Waals surface area contributed by atoms with Crippen molar-refractivity contribution in [2.75, 3.05) is 47.0 Å². The second-order valence-corrected chi connectivity index (χ2v) is 4.51. The smallest absolute Gasteiger partial charge is 0.308 e. The van der Waals surface area contributed by atoms with Gasteiger partial charge in [-0.2, -0.15) is 0 Å². The molecule has 0 aliphatic carbocycles. The standard InChI is InChI=1S/C13H25N3O3/c1-4-14-13(15-7-10-18-2)16-8-5-11(6-9-16)12(17)19-3/h11H,4-10H2,1-3H3,(H,14,15). The number of hydrogen-bond donors (Lipinski definition) is 1. The second kappa shape index (κ2) is 8.74. The molecule has 6 nitrogen and oxygen atoms in total. The molecule has 19 heavy (non-hydrogen) atoms. The summed E-state index contributed by atoms with van der Waals surface area (Å²) < 4.78 is 9.80. The Morgan fingerprint density at radius 3 is 2.58 bits per heavy atom. The van der Waals surface area contributed by atoms with Gasteiger partial charge in [-0.25, -0.2) is 0 Å². The number of carbonyl (C=O) groups excluding carboxylic acids is 1. The third-order valence-electron chi connectivity index (χ3n) is 3.22. The van der Waals surface area contributed by atoms with Crippen molar-refractivity contribution in [1.29, 1.82) is 0 Å². The first-order valence-electron chi connectivity index (χ1n) is 6.83. The number of rotatable bonds is 5. The molecule has 0 aromatic carbocycles. The molecule has 1 saturated heterocycles. The van der Waals surface area contributed by atoms with Crippen molar-refractivity contribution in [2.24, 2.45) is 10.9 Å². The highest BCUT2D eigenvalue weighted by Crippen LogP contribution is 2.18. The maximum absolute atomic E-state index is 11.5. The summed E-state index contributed by atoms with van der Waals surface area (Å²) in [6.07, 6.45) is 1.64. The Labute approximate surface area is 115 Å². The number of methoxy groups -OCH3 is 2. The van der Waals surface area contributed by atoms with Gasteiger partial charge in [-0.15, -0.1) is 0 Å². The van der Waals surface area contributed by atoms with E-state index in [2.05, 4.69) is 15.2 Å². The number of aliphatic imine (C=N–C) groups is 1. The molecule has 0 unspecified atom stereocenters. The number of likely N-dealkylation sites (tertiary alicyclic amines) is 1. The Hall–Kier alpha value is -1.30. The van der Waals surface area contributed by atoms with Gasteiger partial charge >= 0.3 is 5.97 Å². The van der Waals surface area contributed by atoms with Crippen LogP contribution in [0.1, 0.15) is 19.8 Å². The summed E-state index contributed by atoms with van der Waals surface area (Å²) in [5.41, 5.74) is 0. The van der Waals surface area contributed by atoms with Crippen LogP contribution >= 0.6 is 0 Å². The van der Waals surface area contributed by atoms with Gasteiger partial charge in [-0.05, 0) is 19.8 Å². The topological polar surface area (TPSA) is 63.2 Å². The molecule has 6 heteroatoms. The van der Waals surface area contributed by atoms with E-state index in [0.29, 0.717) is 13.2 Å². The van der Waals surface area contributed by atoms with Gasteiger partial charge in [0, 0.05) is 26.7 Å². The van der Waals surface area contributed by atoms with Gasteiger partial charge in [0.15, 0.2) is 5.96 Å². The number of nitrogens with zero attached hydrogens (tertiary/aromatic N) is 2. The summed E-state index contributed by atoms with van der Waals surface area (Å²) >= 11 is 0. The van der Waals surface area contributed by atoms with E-state index in [0.717, 1.165) is 38.4 Å². The van der Waals surface area contributed by atoms with E-state index in [9.17, 15) is 4.79 Å². The molecule has 0 aromatic heterocycles. The molecule has 1 heterocycles. The zero-order valence-corrected chi connectivity index (χ0v) is 12.1. The van der Waals surface area contributed by atoms with Gasteiger partial charge in [0.1, 0.15) is 0 Å². The van der Waals surface area contributed by atoms with Gasteiger partial charge in [0.05, 0.1) is 26.2 Å². The minimum absolute atomic E-state index is 0.0306. The van der Waals surface area contributed by atoms with Crippen molar-refractivity contribution >= 4 is 11.9 Å². The first-order valence-corrected chi connectivity index (χ1v) is 6.83. The number of hydrogen-bond acceptors (Lipinski definition) is 4. The molecule has 0 spiro atoms. The maximum Gasteiger partial charge on any atom is 0.308 e. The quantitative estimate of drug-likeness (QED) is 0.341. The van der Waals surface area contributed by atoms with E-state index in [1.54, 1.807) is 7.11 Å². The fourth-order valence-electron chi connectivity index (χ4n) is 2.16. The number of guanidine groups is 1. The highest BCUT2D eigenvalue weighted by molar-refractivity contribution is 5.80. The van der Waals surface area contributed by atoms with Crippen molar-refractivity contribution in [2.45, 2.75) is 19.8 Å². The van der Waals surface area contributed by atoms with Crippen LogP contribution in [0.15, 0.2) is 4.99 Å². The van der Waals surface area contributed by atoms with Crippen molar-refractivity contribution in [3.63, 3.8) is 0 Å². The fraction of sp³-hybridized carbons (Fsp3) is 0.846. The van der Waals surface area contributed by atoms with Crippen LogP contribution in [0.5, 0.6) is 0 Å². The number of nitrogens with one attached hydrogen (secondary N) is 1. The van der Waals surface area contributed by atoms with Gasteiger partial charge < -0.3 is 19.7 Å². The Kier molecular flexibility index (Phi) is 7.25. The van der Waals surface area contributed by atoms with Crippen LogP contribution in [0.4, 0.5) is 0 Å².